The summed E-state index contributed by atoms with van der Waals surface area (Å²) >= 11 is 0. The molecule has 1 aliphatic rings. The minimum Gasteiger partial charge on any atom is -0.376 e. The highest BCUT2D eigenvalue weighted by Crippen LogP contribution is 2.31. The van der Waals surface area contributed by atoms with Crippen molar-refractivity contribution < 1.29 is 9.26 Å². The molecule has 1 unspecified atom stereocenters. The lowest BCUT2D eigenvalue weighted by Crippen LogP contribution is -2.33. The fraction of sp³-hybridized carbons (Fsp3) is 0.375. The van der Waals surface area contributed by atoms with Crippen molar-refractivity contribution in [3.05, 3.63) is 83.0 Å². The summed E-state index contributed by atoms with van der Waals surface area (Å²) in [6.45, 7) is 2.81. The number of benzene rings is 2. The molecule has 0 spiro atoms. The Morgan fingerprint density at radius 2 is 1.93 bits per heavy atom. The van der Waals surface area contributed by atoms with Crippen molar-refractivity contribution in [3.8, 4) is 6.07 Å². The van der Waals surface area contributed by atoms with Crippen LogP contribution in [0, 0.1) is 11.3 Å². The number of hydrogen-bond donors (Lipinski definition) is 0. The molecular weight excluding hydrogens is 376 g/mol. The first-order valence-corrected chi connectivity index (χ1v) is 10.5. The maximum Gasteiger partial charge on any atom is 0.244 e. The van der Waals surface area contributed by atoms with Crippen LogP contribution in [0.1, 0.15) is 53.7 Å². The Kier molecular flexibility index (Phi) is 6.86. The third-order valence-electron chi connectivity index (χ3n) is 5.48. The van der Waals surface area contributed by atoms with Gasteiger partial charge < -0.3 is 9.26 Å². The summed E-state index contributed by atoms with van der Waals surface area (Å²) < 4.78 is 11.4. The number of ether oxygens (including phenoxy) is 1. The standard InChI is InChI=1S/C24H26N4O2/c25-16-20-10-4-5-11-21(20)17-28-14-7-6-12-22(28)24-26-23(27-30-24)13-15-29-18-19-8-2-1-3-9-19/h1-5,8-11,22H,6-7,12-15,17-18H2. The number of rotatable bonds is 8. The monoisotopic (exact) mass is 402 g/mol. The molecule has 3 aromatic rings. The molecule has 2 aromatic carbocycles. The van der Waals surface area contributed by atoms with Crippen LogP contribution in [-0.2, 0) is 24.3 Å². The van der Waals surface area contributed by atoms with Gasteiger partial charge in [0.05, 0.1) is 30.9 Å². The predicted octanol–water partition coefficient (Wildman–Crippen LogP) is 4.43. The van der Waals surface area contributed by atoms with Crippen molar-refractivity contribution >= 4 is 0 Å². The van der Waals surface area contributed by atoms with Crippen molar-refractivity contribution in [1.29, 1.82) is 5.26 Å². The quantitative estimate of drug-likeness (QED) is 0.519. The number of hydrogen-bond acceptors (Lipinski definition) is 6. The van der Waals surface area contributed by atoms with Crippen LogP contribution in [0.25, 0.3) is 0 Å². The van der Waals surface area contributed by atoms with Gasteiger partial charge in [0.2, 0.25) is 5.89 Å². The summed E-state index contributed by atoms with van der Waals surface area (Å²) in [6, 6.07) is 20.3. The Morgan fingerprint density at radius 3 is 2.80 bits per heavy atom. The second-order valence-electron chi connectivity index (χ2n) is 7.59. The van der Waals surface area contributed by atoms with E-state index in [4.69, 9.17) is 9.26 Å². The van der Waals surface area contributed by atoms with Gasteiger partial charge in [0.1, 0.15) is 0 Å². The van der Waals surface area contributed by atoms with Crippen LogP contribution in [0.2, 0.25) is 0 Å². The van der Waals surface area contributed by atoms with Gasteiger partial charge >= 0.3 is 0 Å². The van der Waals surface area contributed by atoms with E-state index >= 15 is 0 Å². The predicted molar refractivity (Wildman–Crippen MR) is 112 cm³/mol. The molecule has 6 nitrogen and oxygen atoms in total. The van der Waals surface area contributed by atoms with E-state index in [1.54, 1.807) is 0 Å². The molecule has 0 aliphatic carbocycles. The Morgan fingerprint density at radius 1 is 1.10 bits per heavy atom. The van der Waals surface area contributed by atoms with E-state index in [1.165, 1.54) is 0 Å². The zero-order chi connectivity index (χ0) is 20.6. The highest BCUT2D eigenvalue weighted by molar-refractivity contribution is 5.37. The van der Waals surface area contributed by atoms with E-state index in [0.29, 0.717) is 37.9 Å². The number of likely N-dealkylation sites (tertiary alicyclic amines) is 1. The van der Waals surface area contributed by atoms with Crippen LogP contribution in [-0.4, -0.2) is 28.2 Å². The Hall–Kier alpha value is -3.01. The van der Waals surface area contributed by atoms with E-state index < -0.39 is 0 Å². The van der Waals surface area contributed by atoms with Crippen molar-refractivity contribution in [2.75, 3.05) is 13.2 Å². The molecule has 0 N–H and O–H groups in total. The fourth-order valence-corrected chi connectivity index (χ4v) is 3.88. The minimum absolute atomic E-state index is 0.0944. The Balaban J connectivity index is 1.35. The zero-order valence-electron chi connectivity index (χ0n) is 17.0. The van der Waals surface area contributed by atoms with Crippen molar-refractivity contribution in [2.45, 2.75) is 44.9 Å². The second-order valence-corrected chi connectivity index (χ2v) is 7.59. The molecule has 30 heavy (non-hydrogen) atoms. The molecule has 1 aliphatic heterocycles. The summed E-state index contributed by atoms with van der Waals surface area (Å²) in [5.41, 5.74) is 2.92. The smallest absolute Gasteiger partial charge is 0.244 e. The summed E-state index contributed by atoms with van der Waals surface area (Å²) in [6.07, 6.45) is 3.89. The van der Waals surface area contributed by atoms with Crippen LogP contribution >= 0.6 is 0 Å². The summed E-state index contributed by atoms with van der Waals surface area (Å²) in [7, 11) is 0. The molecule has 1 aromatic heterocycles. The van der Waals surface area contributed by atoms with Gasteiger partial charge in [0.25, 0.3) is 0 Å². The van der Waals surface area contributed by atoms with E-state index in [-0.39, 0.29) is 6.04 Å². The van der Waals surface area contributed by atoms with Crippen LogP contribution in [0.4, 0.5) is 0 Å². The molecule has 6 heteroatoms. The van der Waals surface area contributed by atoms with Gasteiger partial charge in [-0.2, -0.15) is 10.2 Å². The van der Waals surface area contributed by atoms with Gasteiger partial charge in [0.15, 0.2) is 5.82 Å². The number of aromatic nitrogens is 2. The van der Waals surface area contributed by atoms with Gasteiger partial charge in [0, 0.05) is 13.0 Å². The molecule has 0 amide bonds. The first-order chi connectivity index (χ1) is 14.8. The third-order valence-corrected chi connectivity index (χ3v) is 5.48. The van der Waals surface area contributed by atoms with Crippen LogP contribution in [0.15, 0.2) is 59.1 Å². The minimum atomic E-state index is 0.0944. The van der Waals surface area contributed by atoms with Crippen molar-refractivity contribution in [1.82, 2.24) is 15.0 Å². The van der Waals surface area contributed by atoms with E-state index in [0.717, 1.165) is 42.5 Å². The zero-order valence-corrected chi connectivity index (χ0v) is 17.0. The van der Waals surface area contributed by atoms with Gasteiger partial charge in [-0.15, -0.1) is 0 Å². The molecule has 4 rings (SSSR count). The maximum atomic E-state index is 9.39. The summed E-state index contributed by atoms with van der Waals surface area (Å²) in [4.78, 5) is 7.00. The molecule has 2 heterocycles. The first kappa shape index (κ1) is 20.3. The molecule has 0 bridgehead atoms. The average molecular weight is 402 g/mol. The fourth-order valence-electron chi connectivity index (χ4n) is 3.88. The molecule has 1 fully saturated rings. The lowest BCUT2D eigenvalue weighted by molar-refractivity contribution is 0.111. The van der Waals surface area contributed by atoms with Crippen LogP contribution < -0.4 is 0 Å². The van der Waals surface area contributed by atoms with Crippen molar-refractivity contribution in [2.24, 2.45) is 0 Å². The largest absolute Gasteiger partial charge is 0.376 e. The summed E-state index contributed by atoms with van der Waals surface area (Å²) in [5, 5.41) is 13.6. The van der Waals surface area contributed by atoms with Crippen LogP contribution in [0.3, 0.4) is 0 Å². The molecule has 0 saturated carbocycles. The number of nitrogens with zero attached hydrogens (tertiary/aromatic N) is 4. The molecule has 1 atom stereocenters. The SMILES string of the molecule is N#Cc1ccccc1CN1CCCCC1c1nc(CCOCc2ccccc2)no1. The average Bonchev–Trinajstić information content (AvgIpc) is 3.27. The Labute approximate surface area is 177 Å². The topological polar surface area (TPSA) is 75.2 Å². The lowest BCUT2D eigenvalue weighted by atomic mass is 10.00. The molecule has 0 radical (unpaired) electrons. The number of nitriles is 1. The van der Waals surface area contributed by atoms with E-state index in [9.17, 15) is 5.26 Å². The molecular formula is C24H26N4O2. The highest BCUT2D eigenvalue weighted by atomic mass is 16.5. The van der Waals surface area contributed by atoms with Gasteiger partial charge in [-0.3, -0.25) is 4.90 Å². The summed E-state index contributed by atoms with van der Waals surface area (Å²) in [5.74, 6) is 1.35. The van der Waals surface area contributed by atoms with Gasteiger partial charge in [-0.1, -0.05) is 60.1 Å². The third kappa shape index (κ3) is 5.12. The lowest BCUT2D eigenvalue weighted by Gasteiger charge is -2.33. The molecule has 1 saturated heterocycles. The van der Waals surface area contributed by atoms with Crippen LogP contribution in [0.5, 0.6) is 0 Å². The number of piperidine rings is 1. The van der Waals surface area contributed by atoms with Crippen molar-refractivity contribution in [3.63, 3.8) is 0 Å². The maximum absolute atomic E-state index is 9.39. The van der Waals surface area contributed by atoms with E-state index in [1.807, 2.05) is 42.5 Å². The van der Waals surface area contributed by atoms with E-state index in [2.05, 4.69) is 33.2 Å². The molecule has 154 valence electrons. The van der Waals surface area contributed by atoms with Gasteiger partial charge in [-0.05, 0) is 36.6 Å². The Bertz CT molecular complexity index is 980. The second kappa shape index (κ2) is 10.1. The van der Waals surface area contributed by atoms with Gasteiger partial charge in [-0.25, -0.2) is 0 Å². The first-order valence-electron chi connectivity index (χ1n) is 10.5. The highest BCUT2D eigenvalue weighted by Gasteiger charge is 2.29. The normalized spacial score (nSPS) is 17.0.